The van der Waals surface area contributed by atoms with E-state index in [0.29, 0.717) is 17.9 Å². The van der Waals surface area contributed by atoms with E-state index in [1.54, 1.807) is 31.2 Å². The molecule has 1 N–H and O–H groups in total. The summed E-state index contributed by atoms with van der Waals surface area (Å²) in [5.41, 5.74) is 0.651. The first kappa shape index (κ1) is 16.1. The van der Waals surface area contributed by atoms with Gasteiger partial charge in [0, 0.05) is 5.02 Å². The van der Waals surface area contributed by atoms with E-state index >= 15 is 0 Å². The summed E-state index contributed by atoms with van der Waals surface area (Å²) in [5.74, 6) is 0.218. The minimum absolute atomic E-state index is 0.0517. The van der Waals surface area contributed by atoms with Crippen molar-refractivity contribution >= 4 is 27.3 Å². The molecule has 5 nitrogen and oxygen atoms in total. The third-order valence-corrected chi connectivity index (χ3v) is 4.38. The Balaban J connectivity index is 2.42. The fourth-order valence-corrected chi connectivity index (χ4v) is 3.29. The average Bonchev–Trinajstić information content (AvgIpc) is 2.49. The third kappa shape index (κ3) is 3.70. The van der Waals surface area contributed by atoms with Crippen LogP contribution in [0.15, 0.2) is 47.4 Å². The quantitative estimate of drug-likeness (QED) is 0.907. The molecule has 0 aliphatic carbocycles. The molecule has 0 spiro atoms. The number of nitrogens with one attached hydrogen (secondary N) is 1. The molecule has 2 aromatic carbocycles. The Morgan fingerprint density at radius 2 is 2.05 bits per heavy atom. The number of anilines is 1. The molecule has 0 aliphatic heterocycles. The van der Waals surface area contributed by atoms with E-state index in [9.17, 15) is 8.42 Å². The van der Waals surface area contributed by atoms with Crippen LogP contribution in [0.2, 0.25) is 5.02 Å². The number of sulfonamides is 1. The summed E-state index contributed by atoms with van der Waals surface area (Å²) in [4.78, 5) is -0.0517. The van der Waals surface area contributed by atoms with Crippen LogP contribution >= 0.6 is 11.6 Å². The lowest BCUT2D eigenvalue weighted by Crippen LogP contribution is -2.14. The highest BCUT2D eigenvalue weighted by Crippen LogP contribution is 2.29. The van der Waals surface area contributed by atoms with Gasteiger partial charge in [0.2, 0.25) is 0 Å². The molecule has 0 fully saturated rings. The fraction of sp³-hybridized carbons (Fsp3) is 0.133. The molecule has 0 saturated heterocycles. The molecule has 22 heavy (non-hydrogen) atoms. The minimum Gasteiger partial charge on any atom is -0.492 e. The maximum Gasteiger partial charge on any atom is 0.265 e. The minimum atomic E-state index is -3.88. The number of rotatable bonds is 5. The Kier molecular flexibility index (Phi) is 4.91. The van der Waals surface area contributed by atoms with Gasteiger partial charge in [0.25, 0.3) is 10.0 Å². The van der Waals surface area contributed by atoms with E-state index in [4.69, 9.17) is 21.6 Å². The maximum absolute atomic E-state index is 12.5. The van der Waals surface area contributed by atoms with Gasteiger partial charge in [-0.2, -0.15) is 5.26 Å². The number of benzene rings is 2. The van der Waals surface area contributed by atoms with Gasteiger partial charge >= 0.3 is 0 Å². The highest BCUT2D eigenvalue weighted by atomic mass is 35.5. The van der Waals surface area contributed by atoms with E-state index < -0.39 is 10.0 Å². The predicted molar refractivity (Wildman–Crippen MR) is 84.6 cm³/mol. The van der Waals surface area contributed by atoms with Gasteiger partial charge in [-0.15, -0.1) is 0 Å². The largest absolute Gasteiger partial charge is 0.492 e. The Bertz CT molecular complexity index is 829. The number of hydrogen-bond acceptors (Lipinski definition) is 4. The summed E-state index contributed by atoms with van der Waals surface area (Å²) < 4.78 is 32.8. The molecule has 0 bridgehead atoms. The van der Waals surface area contributed by atoms with E-state index in [1.165, 1.54) is 18.2 Å². The molecule has 0 atom stereocenters. The third-order valence-electron chi connectivity index (χ3n) is 2.74. The van der Waals surface area contributed by atoms with Gasteiger partial charge < -0.3 is 4.74 Å². The summed E-state index contributed by atoms with van der Waals surface area (Å²) in [6, 6.07) is 12.5. The van der Waals surface area contributed by atoms with Gasteiger partial charge in [-0.1, -0.05) is 17.7 Å². The van der Waals surface area contributed by atoms with Crippen LogP contribution in [0.1, 0.15) is 12.5 Å². The molecule has 0 unspecified atom stereocenters. The maximum atomic E-state index is 12.5. The molecule has 114 valence electrons. The van der Waals surface area contributed by atoms with Crippen LogP contribution in [0.5, 0.6) is 5.75 Å². The summed E-state index contributed by atoms with van der Waals surface area (Å²) >= 11 is 5.88. The lowest BCUT2D eigenvalue weighted by atomic mass is 10.2. The van der Waals surface area contributed by atoms with Crippen molar-refractivity contribution in [1.82, 2.24) is 0 Å². The molecule has 0 saturated carbocycles. The molecule has 0 radical (unpaired) electrons. The summed E-state index contributed by atoms with van der Waals surface area (Å²) in [6.45, 7) is 2.09. The van der Waals surface area contributed by atoms with Crippen LogP contribution < -0.4 is 9.46 Å². The summed E-state index contributed by atoms with van der Waals surface area (Å²) in [5, 5.41) is 9.15. The van der Waals surface area contributed by atoms with Crippen molar-refractivity contribution in [2.24, 2.45) is 0 Å². The number of halogens is 1. The zero-order chi connectivity index (χ0) is 16.2. The number of nitriles is 1. The van der Waals surface area contributed by atoms with Gasteiger partial charge in [0.1, 0.15) is 10.6 Å². The normalized spacial score (nSPS) is 10.8. The second-order valence-corrected chi connectivity index (χ2v) is 6.41. The van der Waals surface area contributed by atoms with Gasteiger partial charge in [-0.3, -0.25) is 4.72 Å². The molecule has 0 heterocycles. The second kappa shape index (κ2) is 6.69. The predicted octanol–water partition coefficient (Wildman–Crippen LogP) is 3.41. The highest BCUT2D eigenvalue weighted by Gasteiger charge is 2.20. The molecular weight excluding hydrogens is 324 g/mol. The summed E-state index contributed by atoms with van der Waals surface area (Å²) in [6.07, 6.45) is 0. The van der Waals surface area contributed by atoms with E-state index in [-0.39, 0.29) is 15.7 Å². The van der Waals surface area contributed by atoms with Crippen LogP contribution in [0, 0.1) is 11.3 Å². The van der Waals surface area contributed by atoms with Crippen molar-refractivity contribution in [2.75, 3.05) is 11.3 Å². The highest BCUT2D eigenvalue weighted by molar-refractivity contribution is 7.92. The van der Waals surface area contributed by atoms with E-state index in [2.05, 4.69) is 4.72 Å². The van der Waals surface area contributed by atoms with Crippen LogP contribution in [0.25, 0.3) is 0 Å². The smallest absolute Gasteiger partial charge is 0.265 e. The Morgan fingerprint density at radius 3 is 2.73 bits per heavy atom. The van der Waals surface area contributed by atoms with Crippen LogP contribution in [0.3, 0.4) is 0 Å². The van der Waals surface area contributed by atoms with Gasteiger partial charge in [0.15, 0.2) is 0 Å². The topological polar surface area (TPSA) is 79.2 Å². The number of nitrogens with zero attached hydrogens (tertiary/aromatic N) is 1. The van der Waals surface area contributed by atoms with Crippen molar-refractivity contribution in [2.45, 2.75) is 11.8 Å². The van der Waals surface area contributed by atoms with Gasteiger partial charge in [-0.05, 0) is 43.3 Å². The Labute approximate surface area is 134 Å². The van der Waals surface area contributed by atoms with Gasteiger partial charge in [-0.25, -0.2) is 8.42 Å². The summed E-state index contributed by atoms with van der Waals surface area (Å²) in [7, 11) is -3.88. The molecular formula is C15H13ClN2O3S. The second-order valence-electron chi connectivity index (χ2n) is 4.32. The van der Waals surface area contributed by atoms with Crippen molar-refractivity contribution in [3.8, 4) is 11.8 Å². The van der Waals surface area contributed by atoms with Gasteiger partial charge in [0.05, 0.1) is 23.9 Å². The zero-order valence-electron chi connectivity index (χ0n) is 11.7. The Hall–Kier alpha value is -2.23. The van der Waals surface area contributed by atoms with Crippen LogP contribution in [-0.4, -0.2) is 15.0 Å². The molecule has 0 amide bonds. The van der Waals surface area contributed by atoms with Crippen molar-refractivity contribution in [3.63, 3.8) is 0 Å². The van der Waals surface area contributed by atoms with Crippen molar-refractivity contribution in [1.29, 1.82) is 5.26 Å². The van der Waals surface area contributed by atoms with Crippen molar-refractivity contribution < 1.29 is 13.2 Å². The first-order valence-corrected chi connectivity index (χ1v) is 8.27. The standard InChI is InChI=1S/C15H13ClN2O3S/c1-2-21-14-7-6-12(16)9-15(14)22(19,20)18-13-5-3-4-11(8-13)10-17/h3-9,18H,2H2,1H3. The van der Waals surface area contributed by atoms with E-state index in [1.807, 2.05) is 6.07 Å². The SMILES string of the molecule is CCOc1ccc(Cl)cc1S(=O)(=O)Nc1cccc(C#N)c1. The molecule has 2 rings (SSSR count). The number of hydrogen-bond donors (Lipinski definition) is 1. The fourth-order valence-electron chi connectivity index (χ4n) is 1.83. The lowest BCUT2D eigenvalue weighted by Gasteiger charge is -2.13. The average molecular weight is 337 g/mol. The molecule has 0 aromatic heterocycles. The molecule has 7 heteroatoms. The first-order valence-electron chi connectivity index (χ1n) is 6.41. The molecule has 0 aliphatic rings. The molecule has 2 aromatic rings. The van der Waals surface area contributed by atoms with Crippen molar-refractivity contribution in [3.05, 3.63) is 53.1 Å². The van der Waals surface area contributed by atoms with Crippen LogP contribution in [-0.2, 0) is 10.0 Å². The Morgan fingerprint density at radius 1 is 1.27 bits per heavy atom. The van der Waals surface area contributed by atoms with E-state index in [0.717, 1.165) is 0 Å². The zero-order valence-corrected chi connectivity index (χ0v) is 13.3. The van der Waals surface area contributed by atoms with Crippen LogP contribution in [0.4, 0.5) is 5.69 Å². The lowest BCUT2D eigenvalue weighted by molar-refractivity contribution is 0.331. The monoisotopic (exact) mass is 336 g/mol. The first-order chi connectivity index (χ1) is 10.5. The number of ether oxygens (including phenoxy) is 1.